The summed E-state index contributed by atoms with van der Waals surface area (Å²) in [6.45, 7) is 6.08. The van der Waals surface area contributed by atoms with Gasteiger partial charge in [0.05, 0.1) is 23.1 Å². The molecule has 1 aliphatic rings. The lowest BCUT2D eigenvalue weighted by Crippen LogP contribution is -2.16. The molecule has 3 heterocycles. The van der Waals surface area contributed by atoms with Crippen LogP contribution in [0.4, 0.5) is 0 Å². The predicted molar refractivity (Wildman–Crippen MR) is 87.7 cm³/mol. The zero-order chi connectivity index (χ0) is 15.1. The maximum absolute atomic E-state index is 4.72. The first-order valence-corrected chi connectivity index (χ1v) is 7.32. The highest BCUT2D eigenvalue weighted by Gasteiger charge is 2.12. The number of dihydropyridines is 1. The van der Waals surface area contributed by atoms with Crippen LogP contribution >= 0.6 is 0 Å². The van der Waals surface area contributed by atoms with Gasteiger partial charge in [0.25, 0.3) is 0 Å². The highest BCUT2D eigenvalue weighted by atomic mass is 14.9. The second-order valence-electron chi connectivity index (χ2n) is 4.56. The van der Waals surface area contributed by atoms with Gasteiger partial charge < -0.3 is 5.32 Å². The average molecular weight is 279 g/mol. The van der Waals surface area contributed by atoms with Crippen molar-refractivity contribution in [3.05, 3.63) is 72.2 Å². The van der Waals surface area contributed by atoms with Crippen LogP contribution in [0.25, 0.3) is 11.4 Å². The second-order valence-corrected chi connectivity index (χ2v) is 4.56. The van der Waals surface area contributed by atoms with Gasteiger partial charge in [-0.1, -0.05) is 32.1 Å². The normalized spacial score (nSPS) is 15.9. The fourth-order valence-electron chi connectivity index (χ4n) is 2.13. The van der Waals surface area contributed by atoms with Crippen molar-refractivity contribution in [3.63, 3.8) is 0 Å². The molecule has 1 atom stereocenters. The molecule has 0 aliphatic carbocycles. The number of hydrogen-bond donors (Lipinski definition) is 1. The number of aromatic nitrogens is 2. The van der Waals surface area contributed by atoms with Crippen molar-refractivity contribution in [3.8, 4) is 11.4 Å². The summed E-state index contributed by atoms with van der Waals surface area (Å²) in [4.78, 5) is 9.08. The van der Waals surface area contributed by atoms with E-state index >= 15 is 0 Å². The number of pyridine rings is 2. The quantitative estimate of drug-likeness (QED) is 0.895. The Bertz CT molecular complexity index is 630. The van der Waals surface area contributed by atoms with Gasteiger partial charge in [-0.2, -0.15) is 0 Å². The van der Waals surface area contributed by atoms with Crippen LogP contribution in [0, 0.1) is 6.92 Å². The van der Waals surface area contributed by atoms with Gasteiger partial charge in [0, 0.05) is 6.20 Å². The number of nitrogens with one attached hydrogen (secondary N) is 1. The Balaban J connectivity index is 0.000000774. The van der Waals surface area contributed by atoms with Crippen molar-refractivity contribution in [1.29, 1.82) is 0 Å². The molecule has 1 aliphatic heterocycles. The van der Waals surface area contributed by atoms with Gasteiger partial charge in [0.2, 0.25) is 0 Å². The Morgan fingerprint density at radius 3 is 2.57 bits per heavy atom. The number of hydrogen-bond acceptors (Lipinski definition) is 3. The Morgan fingerprint density at radius 2 is 1.90 bits per heavy atom. The summed E-state index contributed by atoms with van der Waals surface area (Å²) in [5.41, 5.74) is 4.03. The number of nitrogens with zero attached hydrogens (tertiary/aromatic N) is 2. The van der Waals surface area contributed by atoms with Crippen molar-refractivity contribution >= 4 is 0 Å². The van der Waals surface area contributed by atoms with E-state index < -0.39 is 0 Å². The molecule has 0 saturated carbocycles. The Kier molecular flexibility index (Phi) is 5.27. The van der Waals surface area contributed by atoms with E-state index in [1.807, 2.05) is 50.4 Å². The van der Waals surface area contributed by atoms with Gasteiger partial charge >= 0.3 is 0 Å². The van der Waals surface area contributed by atoms with Crippen LogP contribution in [-0.4, -0.2) is 9.97 Å². The molecule has 2 aromatic rings. The predicted octanol–water partition coefficient (Wildman–Crippen LogP) is 4.19. The van der Waals surface area contributed by atoms with Crippen LogP contribution in [0.15, 0.2) is 61.0 Å². The van der Waals surface area contributed by atoms with Gasteiger partial charge in [-0.25, -0.2) is 4.98 Å². The topological polar surface area (TPSA) is 37.8 Å². The molecule has 3 heteroatoms. The molecular formula is C18H21N3. The average Bonchev–Trinajstić information content (AvgIpc) is 2.58. The fraction of sp³-hybridized carbons (Fsp3) is 0.222. The molecule has 0 fully saturated rings. The van der Waals surface area contributed by atoms with E-state index in [9.17, 15) is 0 Å². The summed E-state index contributed by atoms with van der Waals surface area (Å²) >= 11 is 0. The van der Waals surface area contributed by atoms with Crippen LogP contribution in [0.1, 0.15) is 31.1 Å². The number of allylic oxidation sites excluding steroid dienone is 2. The van der Waals surface area contributed by atoms with Crippen LogP contribution in [-0.2, 0) is 0 Å². The summed E-state index contributed by atoms with van der Waals surface area (Å²) in [5, 5.41) is 3.29. The summed E-state index contributed by atoms with van der Waals surface area (Å²) in [6, 6.07) is 10.2. The summed E-state index contributed by atoms with van der Waals surface area (Å²) in [5.74, 6) is 0. The van der Waals surface area contributed by atoms with Crippen molar-refractivity contribution in [1.82, 2.24) is 15.3 Å². The lowest BCUT2D eigenvalue weighted by atomic mass is 10.1. The third kappa shape index (κ3) is 3.78. The second kappa shape index (κ2) is 7.39. The molecule has 0 spiro atoms. The Hall–Kier alpha value is -2.42. The van der Waals surface area contributed by atoms with Crippen LogP contribution in [0.5, 0.6) is 0 Å². The molecule has 1 unspecified atom stereocenters. The molecule has 3 rings (SSSR count). The van der Waals surface area contributed by atoms with E-state index in [0.717, 1.165) is 17.1 Å². The largest absolute Gasteiger partial charge is 0.379 e. The van der Waals surface area contributed by atoms with E-state index in [1.165, 1.54) is 5.56 Å². The fourth-order valence-corrected chi connectivity index (χ4v) is 2.13. The maximum atomic E-state index is 4.72. The molecule has 3 nitrogen and oxygen atoms in total. The summed E-state index contributed by atoms with van der Waals surface area (Å²) in [6.07, 6.45) is 9.84. The van der Waals surface area contributed by atoms with Gasteiger partial charge in [-0.3, -0.25) is 4.98 Å². The van der Waals surface area contributed by atoms with Crippen LogP contribution in [0.2, 0.25) is 0 Å². The monoisotopic (exact) mass is 279 g/mol. The van der Waals surface area contributed by atoms with Crippen LogP contribution in [0.3, 0.4) is 0 Å². The van der Waals surface area contributed by atoms with Crippen molar-refractivity contribution in [2.45, 2.75) is 26.8 Å². The summed E-state index contributed by atoms with van der Waals surface area (Å²) < 4.78 is 0. The van der Waals surface area contributed by atoms with E-state index in [0.29, 0.717) is 0 Å². The van der Waals surface area contributed by atoms with Crippen molar-refractivity contribution < 1.29 is 0 Å². The molecule has 0 radical (unpaired) electrons. The van der Waals surface area contributed by atoms with Crippen LogP contribution < -0.4 is 5.32 Å². The highest BCUT2D eigenvalue weighted by molar-refractivity contribution is 5.55. The minimum absolute atomic E-state index is 0.132. The molecule has 0 aromatic carbocycles. The zero-order valence-electron chi connectivity index (χ0n) is 12.7. The van der Waals surface area contributed by atoms with Gasteiger partial charge in [-0.15, -0.1) is 0 Å². The SMILES string of the molecule is CC.Cc1cc(-c2ccccn2)nc(C2C=CC=CN2)c1. The number of rotatable bonds is 2. The standard InChI is InChI=1S/C16H15N3.C2H6/c1-12-10-15(13-6-2-4-8-17-13)19-16(11-12)14-7-3-5-9-18-14;1-2/h2-11,13,17H,1H3;1-2H3. The lowest BCUT2D eigenvalue weighted by Gasteiger charge is -2.16. The minimum Gasteiger partial charge on any atom is -0.379 e. The lowest BCUT2D eigenvalue weighted by molar-refractivity contribution is 0.720. The number of aryl methyl sites for hydroxylation is 1. The molecular weight excluding hydrogens is 258 g/mol. The van der Waals surface area contributed by atoms with Crippen molar-refractivity contribution in [2.24, 2.45) is 0 Å². The third-order valence-electron chi connectivity index (χ3n) is 3.02. The smallest absolute Gasteiger partial charge is 0.0893 e. The van der Waals surface area contributed by atoms with E-state index in [1.54, 1.807) is 6.20 Å². The first kappa shape index (κ1) is 15.0. The Labute approximate surface area is 126 Å². The van der Waals surface area contributed by atoms with E-state index in [-0.39, 0.29) is 6.04 Å². The van der Waals surface area contributed by atoms with Crippen molar-refractivity contribution in [2.75, 3.05) is 0 Å². The highest BCUT2D eigenvalue weighted by Crippen LogP contribution is 2.21. The van der Waals surface area contributed by atoms with Gasteiger partial charge in [0.1, 0.15) is 0 Å². The summed E-state index contributed by atoms with van der Waals surface area (Å²) in [7, 11) is 0. The zero-order valence-corrected chi connectivity index (χ0v) is 12.7. The molecule has 0 saturated heterocycles. The maximum Gasteiger partial charge on any atom is 0.0893 e. The first-order valence-electron chi connectivity index (χ1n) is 7.32. The molecule has 0 amide bonds. The third-order valence-corrected chi connectivity index (χ3v) is 3.02. The van der Waals surface area contributed by atoms with Gasteiger partial charge in [0.15, 0.2) is 0 Å². The molecule has 21 heavy (non-hydrogen) atoms. The molecule has 0 bridgehead atoms. The van der Waals surface area contributed by atoms with E-state index in [2.05, 4.69) is 35.4 Å². The van der Waals surface area contributed by atoms with E-state index in [4.69, 9.17) is 4.98 Å². The Morgan fingerprint density at radius 1 is 1.05 bits per heavy atom. The first-order chi connectivity index (χ1) is 10.3. The molecule has 2 aromatic heterocycles. The molecule has 108 valence electrons. The minimum atomic E-state index is 0.132. The molecule has 1 N–H and O–H groups in total. The van der Waals surface area contributed by atoms with Gasteiger partial charge in [-0.05, 0) is 49.0 Å².